The van der Waals surface area contributed by atoms with E-state index in [-0.39, 0.29) is 5.97 Å². The highest BCUT2D eigenvalue weighted by molar-refractivity contribution is 7.65. The number of methoxy groups -OCH3 is 1. The Morgan fingerprint density at radius 3 is 2.65 bits per heavy atom. The van der Waals surface area contributed by atoms with Gasteiger partial charge in [0.25, 0.3) is 0 Å². The van der Waals surface area contributed by atoms with Crippen molar-refractivity contribution in [2.24, 2.45) is 0 Å². The van der Waals surface area contributed by atoms with Crippen LogP contribution in [0.2, 0.25) is 0 Å². The largest absolute Gasteiger partial charge is 0.468 e. The molecule has 0 spiro atoms. The van der Waals surface area contributed by atoms with Crippen molar-refractivity contribution >= 4 is 13.3 Å². The summed E-state index contributed by atoms with van der Waals surface area (Å²) in [6.45, 7) is 1.96. The van der Waals surface area contributed by atoms with E-state index in [9.17, 15) is 9.36 Å². The standard InChI is InChI=1S/C15H20NO3P/c1-12-8-9-20(18,11-12)16-14(15(17)19-2)10-13-6-4-3-5-7-13/h3-7,11,14H,8-10H2,1-2H3,(H,16,18). The van der Waals surface area contributed by atoms with Crippen molar-refractivity contribution in [3.8, 4) is 0 Å². The second kappa shape index (κ2) is 6.38. The first-order chi connectivity index (χ1) is 9.52. The average Bonchev–Trinajstić information content (AvgIpc) is 2.78. The van der Waals surface area contributed by atoms with E-state index in [2.05, 4.69) is 5.09 Å². The highest BCUT2D eigenvalue weighted by atomic mass is 31.2. The number of allylic oxidation sites excluding steroid dienone is 1. The van der Waals surface area contributed by atoms with Crippen LogP contribution in [0.3, 0.4) is 0 Å². The van der Waals surface area contributed by atoms with E-state index in [4.69, 9.17) is 4.74 Å². The minimum absolute atomic E-state index is 0.373. The van der Waals surface area contributed by atoms with Gasteiger partial charge in [-0.3, -0.25) is 4.79 Å². The molecule has 1 heterocycles. The molecule has 0 saturated carbocycles. The highest BCUT2D eigenvalue weighted by Crippen LogP contribution is 2.50. The Kier molecular flexibility index (Phi) is 4.79. The molecule has 0 saturated heterocycles. The van der Waals surface area contributed by atoms with Crippen LogP contribution in [0, 0.1) is 0 Å². The third kappa shape index (κ3) is 3.81. The summed E-state index contributed by atoms with van der Waals surface area (Å²) in [5.41, 5.74) is 2.13. The molecule has 5 heteroatoms. The van der Waals surface area contributed by atoms with Gasteiger partial charge in [0.1, 0.15) is 6.04 Å². The summed E-state index contributed by atoms with van der Waals surface area (Å²) < 4.78 is 17.5. The number of carbonyl (C=O) groups excluding carboxylic acids is 1. The lowest BCUT2D eigenvalue weighted by atomic mass is 10.1. The fourth-order valence-corrected chi connectivity index (χ4v) is 4.95. The molecule has 1 aliphatic heterocycles. The molecule has 1 aliphatic rings. The minimum atomic E-state index is -2.60. The Labute approximate surface area is 119 Å². The van der Waals surface area contributed by atoms with Crippen molar-refractivity contribution in [1.82, 2.24) is 5.09 Å². The summed E-state index contributed by atoms with van der Waals surface area (Å²) in [6.07, 6.45) is 1.88. The van der Waals surface area contributed by atoms with Gasteiger partial charge in [0.05, 0.1) is 7.11 Å². The zero-order valence-corrected chi connectivity index (χ0v) is 12.7. The fraction of sp³-hybridized carbons (Fsp3) is 0.400. The molecule has 2 unspecified atom stereocenters. The van der Waals surface area contributed by atoms with Crippen LogP contribution in [0.25, 0.3) is 0 Å². The zero-order chi connectivity index (χ0) is 14.6. The number of benzene rings is 1. The van der Waals surface area contributed by atoms with Gasteiger partial charge in [-0.2, -0.15) is 0 Å². The Morgan fingerprint density at radius 2 is 2.10 bits per heavy atom. The van der Waals surface area contributed by atoms with Crippen LogP contribution in [0.5, 0.6) is 0 Å². The van der Waals surface area contributed by atoms with E-state index in [0.717, 1.165) is 17.6 Å². The molecule has 0 amide bonds. The Balaban J connectivity index is 2.13. The highest BCUT2D eigenvalue weighted by Gasteiger charge is 2.31. The second-order valence-electron chi connectivity index (χ2n) is 5.14. The van der Waals surface area contributed by atoms with E-state index >= 15 is 0 Å². The van der Waals surface area contributed by atoms with E-state index in [1.165, 1.54) is 7.11 Å². The normalized spacial score (nSPS) is 23.2. The van der Waals surface area contributed by atoms with Crippen molar-refractivity contribution in [1.29, 1.82) is 0 Å². The van der Waals surface area contributed by atoms with Gasteiger partial charge in [-0.05, 0) is 31.1 Å². The van der Waals surface area contributed by atoms with E-state index in [1.54, 1.807) is 5.82 Å². The average molecular weight is 293 g/mol. The maximum absolute atomic E-state index is 12.6. The molecular formula is C15H20NO3P. The summed E-state index contributed by atoms with van der Waals surface area (Å²) >= 11 is 0. The monoisotopic (exact) mass is 293 g/mol. The molecule has 1 aromatic rings. The van der Waals surface area contributed by atoms with Crippen molar-refractivity contribution in [2.45, 2.75) is 25.8 Å². The molecule has 4 nitrogen and oxygen atoms in total. The van der Waals surface area contributed by atoms with E-state index in [0.29, 0.717) is 12.6 Å². The topological polar surface area (TPSA) is 55.4 Å². The van der Waals surface area contributed by atoms with Gasteiger partial charge in [-0.1, -0.05) is 35.9 Å². The Bertz CT molecular complexity index is 553. The van der Waals surface area contributed by atoms with Gasteiger partial charge < -0.3 is 9.30 Å². The minimum Gasteiger partial charge on any atom is -0.468 e. The quantitative estimate of drug-likeness (QED) is 0.670. The Morgan fingerprint density at radius 1 is 1.40 bits per heavy atom. The number of hydrogen-bond acceptors (Lipinski definition) is 3. The summed E-state index contributed by atoms with van der Waals surface area (Å²) in [7, 11) is -1.24. The van der Waals surface area contributed by atoms with Crippen LogP contribution in [0.1, 0.15) is 18.9 Å². The summed E-state index contributed by atoms with van der Waals surface area (Å²) in [4.78, 5) is 11.9. The summed E-state index contributed by atoms with van der Waals surface area (Å²) in [5, 5.41) is 3.03. The molecule has 0 radical (unpaired) electrons. The zero-order valence-electron chi connectivity index (χ0n) is 11.8. The molecule has 20 heavy (non-hydrogen) atoms. The van der Waals surface area contributed by atoms with Crippen molar-refractivity contribution < 1.29 is 14.1 Å². The molecule has 0 fully saturated rings. The number of ether oxygens (including phenoxy) is 1. The maximum atomic E-state index is 12.6. The van der Waals surface area contributed by atoms with Crippen molar-refractivity contribution in [3.63, 3.8) is 0 Å². The fourth-order valence-electron chi connectivity index (χ4n) is 2.37. The van der Waals surface area contributed by atoms with Gasteiger partial charge in [0, 0.05) is 6.16 Å². The number of carbonyl (C=O) groups is 1. The molecule has 0 aromatic heterocycles. The Hall–Kier alpha value is -1.38. The lowest BCUT2D eigenvalue weighted by molar-refractivity contribution is -0.142. The van der Waals surface area contributed by atoms with Gasteiger partial charge in [-0.15, -0.1) is 0 Å². The predicted octanol–water partition coefficient (Wildman–Crippen LogP) is 2.95. The number of nitrogens with one attached hydrogen (secondary N) is 1. The lowest BCUT2D eigenvalue weighted by Crippen LogP contribution is -2.37. The third-order valence-electron chi connectivity index (χ3n) is 3.41. The lowest BCUT2D eigenvalue weighted by Gasteiger charge is -2.20. The molecule has 2 atom stereocenters. The molecule has 108 valence electrons. The summed E-state index contributed by atoms with van der Waals surface area (Å²) in [5.74, 6) is 1.41. The van der Waals surface area contributed by atoms with Crippen LogP contribution >= 0.6 is 7.29 Å². The van der Waals surface area contributed by atoms with Crippen LogP contribution in [-0.2, 0) is 20.5 Å². The summed E-state index contributed by atoms with van der Waals surface area (Å²) in [6, 6.07) is 9.09. The van der Waals surface area contributed by atoms with Crippen LogP contribution in [0.15, 0.2) is 41.7 Å². The number of rotatable bonds is 5. The van der Waals surface area contributed by atoms with Gasteiger partial charge in [0.15, 0.2) is 7.29 Å². The molecule has 2 rings (SSSR count). The predicted molar refractivity (Wildman–Crippen MR) is 79.9 cm³/mol. The van der Waals surface area contributed by atoms with Gasteiger partial charge in [-0.25, -0.2) is 5.09 Å². The van der Waals surface area contributed by atoms with Gasteiger partial charge in [0.2, 0.25) is 0 Å². The molecule has 1 N–H and O–H groups in total. The van der Waals surface area contributed by atoms with Crippen molar-refractivity contribution in [2.75, 3.05) is 13.3 Å². The first-order valence-corrected chi connectivity index (χ1v) is 8.65. The van der Waals surface area contributed by atoms with E-state index < -0.39 is 13.3 Å². The number of hydrogen-bond donors (Lipinski definition) is 1. The first-order valence-electron chi connectivity index (χ1n) is 6.69. The molecule has 0 bridgehead atoms. The van der Waals surface area contributed by atoms with Crippen LogP contribution < -0.4 is 5.09 Å². The second-order valence-corrected chi connectivity index (χ2v) is 7.69. The van der Waals surface area contributed by atoms with Gasteiger partial charge >= 0.3 is 5.97 Å². The third-order valence-corrected chi connectivity index (χ3v) is 5.90. The number of esters is 1. The SMILES string of the molecule is COC(=O)C(Cc1ccccc1)NP1(=O)C=C(C)CC1. The molecule has 0 aliphatic carbocycles. The first kappa shape index (κ1) is 15.0. The smallest absolute Gasteiger partial charge is 0.323 e. The van der Waals surface area contributed by atoms with E-state index in [1.807, 2.05) is 37.3 Å². The van der Waals surface area contributed by atoms with Crippen LogP contribution in [-0.4, -0.2) is 25.3 Å². The molecular weight excluding hydrogens is 273 g/mol. The molecule has 1 aromatic carbocycles. The maximum Gasteiger partial charge on any atom is 0.323 e. The van der Waals surface area contributed by atoms with Crippen molar-refractivity contribution in [3.05, 3.63) is 47.3 Å². The van der Waals surface area contributed by atoms with Crippen LogP contribution in [0.4, 0.5) is 0 Å².